The largest absolute Gasteiger partial charge is 0.346 e. The standard InChI is InChI=1S/C22H21N3O2/c26-21-18-10-4-5-11-19(18)22(27)25(21)14-13-17-15-23-20(24-17)12-6-9-16-7-2-1-3-8-16/h1-5,7-8,10-11,15H,6,9,12-14H2,(H,23,24). The van der Waals surface area contributed by atoms with Crippen molar-refractivity contribution in [2.45, 2.75) is 25.7 Å². The van der Waals surface area contributed by atoms with Crippen molar-refractivity contribution < 1.29 is 9.59 Å². The van der Waals surface area contributed by atoms with Crippen LogP contribution in [0.2, 0.25) is 0 Å². The molecular formula is C22H21N3O2. The number of amides is 2. The Balaban J connectivity index is 1.30. The Bertz CT molecular complexity index is 927. The van der Waals surface area contributed by atoms with Crippen molar-refractivity contribution in [1.29, 1.82) is 0 Å². The normalized spacial score (nSPS) is 13.3. The van der Waals surface area contributed by atoms with Crippen LogP contribution in [0.25, 0.3) is 0 Å². The highest BCUT2D eigenvalue weighted by Gasteiger charge is 2.34. The zero-order valence-corrected chi connectivity index (χ0v) is 15.0. The average Bonchev–Trinajstić information content (AvgIpc) is 3.25. The summed E-state index contributed by atoms with van der Waals surface area (Å²) in [6, 6.07) is 17.4. The molecule has 0 spiro atoms. The van der Waals surface area contributed by atoms with Crippen molar-refractivity contribution in [3.63, 3.8) is 0 Å². The van der Waals surface area contributed by atoms with Crippen molar-refractivity contribution in [1.82, 2.24) is 14.9 Å². The fourth-order valence-electron chi connectivity index (χ4n) is 3.44. The van der Waals surface area contributed by atoms with Gasteiger partial charge in [0.25, 0.3) is 11.8 Å². The summed E-state index contributed by atoms with van der Waals surface area (Å²) in [5, 5.41) is 0. The van der Waals surface area contributed by atoms with Gasteiger partial charge in [-0.15, -0.1) is 0 Å². The molecule has 0 aliphatic carbocycles. The zero-order valence-electron chi connectivity index (χ0n) is 15.0. The smallest absolute Gasteiger partial charge is 0.261 e. The summed E-state index contributed by atoms with van der Waals surface area (Å²) in [6.45, 7) is 0.359. The van der Waals surface area contributed by atoms with Crippen molar-refractivity contribution in [2.75, 3.05) is 6.54 Å². The Morgan fingerprint density at radius 2 is 1.48 bits per heavy atom. The Kier molecular flexibility index (Phi) is 4.83. The lowest BCUT2D eigenvalue weighted by Gasteiger charge is -2.12. The molecule has 5 heteroatoms. The molecule has 136 valence electrons. The molecular weight excluding hydrogens is 338 g/mol. The molecule has 0 atom stereocenters. The minimum atomic E-state index is -0.210. The zero-order chi connectivity index (χ0) is 18.6. The van der Waals surface area contributed by atoms with E-state index in [0.717, 1.165) is 30.8 Å². The molecule has 0 saturated carbocycles. The molecule has 0 fully saturated rings. The number of imidazole rings is 1. The quantitative estimate of drug-likeness (QED) is 0.657. The molecule has 1 N–H and O–H groups in total. The van der Waals surface area contributed by atoms with Crippen LogP contribution in [0.5, 0.6) is 0 Å². The molecule has 0 bridgehead atoms. The second kappa shape index (κ2) is 7.58. The molecule has 0 saturated heterocycles. The van der Waals surface area contributed by atoms with Crippen LogP contribution in [0.4, 0.5) is 0 Å². The van der Waals surface area contributed by atoms with Crippen LogP contribution in [0.15, 0.2) is 60.8 Å². The highest BCUT2D eigenvalue weighted by Crippen LogP contribution is 2.22. The van der Waals surface area contributed by atoms with Gasteiger partial charge in [0.2, 0.25) is 0 Å². The van der Waals surface area contributed by atoms with E-state index >= 15 is 0 Å². The fourth-order valence-corrected chi connectivity index (χ4v) is 3.44. The van der Waals surface area contributed by atoms with Crippen LogP contribution in [0.3, 0.4) is 0 Å². The number of hydrogen-bond donors (Lipinski definition) is 1. The summed E-state index contributed by atoms with van der Waals surface area (Å²) >= 11 is 0. The number of aromatic nitrogens is 2. The minimum Gasteiger partial charge on any atom is -0.346 e. The topological polar surface area (TPSA) is 66.1 Å². The third-order valence-electron chi connectivity index (χ3n) is 4.89. The van der Waals surface area contributed by atoms with E-state index in [0.29, 0.717) is 24.1 Å². The molecule has 5 nitrogen and oxygen atoms in total. The van der Waals surface area contributed by atoms with E-state index in [1.807, 2.05) is 6.07 Å². The molecule has 1 aliphatic heterocycles. The van der Waals surface area contributed by atoms with Gasteiger partial charge in [-0.2, -0.15) is 0 Å². The molecule has 2 heterocycles. The van der Waals surface area contributed by atoms with E-state index in [2.05, 4.69) is 34.2 Å². The monoisotopic (exact) mass is 359 g/mol. The SMILES string of the molecule is O=C1c2ccccc2C(=O)N1CCc1cnc(CCCc2ccccc2)[nH]1. The number of H-pyrrole nitrogens is 1. The van der Waals surface area contributed by atoms with Crippen LogP contribution in [0.1, 0.15) is 44.2 Å². The fraction of sp³-hybridized carbons (Fsp3) is 0.227. The first-order valence-corrected chi connectivity index (χ1v) is 9.24. The van der Waals surface area contributed by atoms with Crippen molar-refractivity contribution >= 4 is 11.8 Å². The first kappa shape index (κ1) is 17.2. The molecule has 0 radical (unpaired) electrons. The van der Waals surface area contributed by atoms with E-state index in [-0.39, 0.29) is 11.8 Å². The van der Waals surface area contributed by atoms with Gasteiger partial charge < -0.3 is 4.98 Å². The lowest BCUT2D eigenvalue weighted by atomic mass is 10.1. The lowest BCUT2D eigenvalue weighted by Crippen LogP contribution is -2.31. The van der Waals surface area contributed by atoms with E-state index in [9.17, 15) is 9.59 Å². The van der Waals surface area contributed by atoms with Crippen LogP contribution in [-0.2, 0) is 19.3 Å². The predicted molar refractivity (Wildman–Crippen MR) is 103 cm³/mol. The van der Waals surface area contributed by atoms with Gasteiger partial charge in [-0.05, 0) is 30.5 Å². The van der Waals surface area contributed by atoms with Gasteiger partial charge in [-0.1, -0.05) is 42.5 Å². The second-order valence-electron chi connectivity index (χ2n) is 6.75. The van der Waals surface area contributed by atoms with Crippen LogP contribution in [0, 0.1) is 0 Å². The van der Waals surface area contributed by atoms with Crippen molar-refractivity contribution in [3.8, 4) is 0 Å². The van der Waals surface area contributed by atoms with E-state index in [4.69, 9.17) is 0 Å². The van der Waals surface area contributed by atoms with Crippen LogP contribution < -0.4 is 0 Å². The van der Waals surface area contributed by atoms with E-state index in [1.165, 1.54) is 10.5 Å². The van der Waals surface area contributed by atoms with Gasteiger partial charge in [-0.25, -0.2) is 4.98 Å². The summed E-state index contributed by atoms with van der Waals surface area (Å²) < 4.78 is 0. The highest BCUT2D eigenvalue weighted by molar-refractivity contribution is 6.21. The number of nitrogens with one attached hydrogen (secondary N) is 1. The average molecular weight is 359 g/mol. The van der Waals surface area contributed by atoms with Crippen molar-refractivity contribution in [2.24, 2.45) is 0 Å². The Labute approximate surface area is 158 Å². The summed E-state index contributed by atoms with van der Waals surface area (Å²) in [5.74, 6) is 0.527. The molecule has 2 amide bonds. The van der Waals surface area contributed by atoms with Gasteiger partial charge in [-0.3, -0.25) is 14.5 Å². The van der Waals surface area contributed by atoms with Crippen molar-refractivity contribution in [3.05, 3.63) is 89.0 Å². The molecule has 3 aromatic rings. The van der Waals surface area contributed by atoms with Gasteiger partial charge >= 0.3 is 0 Å². The summed E-state index contributed by atoms with van der Waals surface area (Å²) in [4.78, 5) is 33.8. The highest BCUT2D eigenvalue weighted by atomic mass is 16.2. The first-order chi connectivity index (χ1) is 13.2. The number of rotatable bonds is 7. The molecule has 1 aliphatic rings. The Hall–Kier alpha value is -3.21. The second-order valence-corrected chi connectivity index (χ2v) is 6.75. The number of imide groups is 1. The first-order valence-electron chi connectivity index (χ1n) is 9.24. The number of carbonyl (C=O) groups excluding carboxylic acids is 2. The number of benzene rings is 2. The minimum absolute atomic E-state index is 0.210. The number of fused-ring (bicyclic) bond motifs is 1. The Morgan fingerprint density at radius 1 is 0.815 bits per heavy atom. The molecule has 0 unspecified atom stereocenters. The molecule has 2 aromatic carbocycles. The summed E-state index contributed by atoms with van der Waals surface area (Å²) in [6.07, 6.45) is 5.30. The number of nitrogens with zero attached hydrogens (tertiary/aromatic N) is 2. The lowest BCUT2D eigenvalue weighted by molar-refractivity contribution is 0.0656. The van der Waals surface area contributed by atoms with Crippen LogP contribution in [-0.4, -0.2) is 33.2 Å². The number of aromatic amines is 1. The summed E-state index contributed by atoms with van der Waals surface area (Å²) in [5.41, 5.74) is 3.26. The third-order valence-corrected chi connectivity index (χ3v) is 4.89. The predicted octanol–water partition coefficient (Wildman–Crippen LogP) is 3.42. The maximum absolute atomic E-state index is 12.4. The number of hydrogen-bond acceptors (Lipinski definition) is 3. The molecule has 1 aromatic heterocycles. The van der Waals surface area contributed by atoms with Gasteiger partial charge in [0.05, 0.1) is 11.1 Å². The Morgan fingerprint density at radius 3 is 2.19 bits per heavy atom. The number of aryl methyl sites for hydroxylation is 2. The van der Waals surface area contributed by atoms with E-state index < -0.39 is 0 Å². The van der Waals surface area contributed by atoms with Gasteiger partial charge in [0.15, 0.2) is 0 Å². The van der Waals surface area contributed by atoms with Crippen LogP contribution >= 0.6 is 0 Å². The number of carbonyl (C=O) groups is 2. The summed E-state index contributed by atoms with van der Waals surface area (Å²) in [7, 11) is 0. The maximum atomic E-state index is 12.4. The molecule has 27 heavy (non-hydrogen) atoms. The van der Waals surface area contributed by atoms with Gasteiger partial charge in [0, 0.05) is 31.3 Å². The van der Waals surface area contributed by atoms with E-state index in [1.54, 1.807) is 30.5 Å². The molecule has 4 rings (SSSR count). The van der Waals surface area contributed by atoms with Gasteiger partial charge in [0.1, 0.15) is 5.82 Å². The third kappa shape index (κ3) is 3.67. The maximum Gasteiger partial charge on any atom is 0.261 e.